The van der Waals surface area contributed by atoms with Crippen molar-refractivity contribution < 1.29 is 14.1 Å². The van der Waals surface area contributed by atoms with Gasteiger partial charge in [0, 0.05) is 18.2 Å². The van der Waals surface area contributed by atoms with Gasteiger partial charge in [0.05, 0.1) is 4.92 Å². The largest absolute Gasteiger partial charge is 0.450 e. The van der Waals surface area contributed by atoms with Crippen molar-refractivity contribution in [2.45, 2.75) is 6.54 Å². The van der Waals surface area contributed by atoms with E-state index in [9.17, 15) is 14.5 Å². The van der Waals surface area contributed by atoms with Crippen LogP contribution in [0.2, 0.25) is 0 Å². The fraction of sp³-hybridized carbons (Fsp3) is 0.143. The van der Waals surface area contributed by atoms with Crippen LogP contribution in [-0.2, 0) is 6.54 Å². The lowest BCUT2D eigenvalue weighted by molar-refractivity contribution is -0.385. The highest BCUT2D eigenvalue weighted by Crippen LogP contribution is 2.32. The van der Waals surface area contributed by atoms with E-state index in [1.165, 1.54) is 30.3 Å². The topological polar surface area (TPSA) is 64.4 Å². The van der Waals surface area contributed by atoms with Crippen molar-refractivity contribution in [3.63, 3.8) is 0 Å². The number of hydrogen-bond donors (Lipinski definition) is 1. The van der Waals surface area contributed by atoms with Crippen molar-refractivity contribution in [3.8, 4) is 11.5 Å². The van der Waals surface area contributed by atoms with E-state index in [2.05, 4.69) is 5.32 Å². The van der Waals surface area contributed by atoms with Crippen LogP contribution in [0.3, 0.4) is 0 Å². The van der Waals surface area contributed by atoms with Crippen LogP contribution in [-0.4, -0.2) is 12.0 Å². The smallest absolute Gasteiger partial charge is 0.311 e. The van der Waals surface area contributed by atoms with Crippen molar-refractivity contribution in [2.75, 3.05) is 7.05 Å². The fourth-order valence-electron chi connectivity index (χ4n) is 1.79. The molecule has 0 radical (unpaired) electrons. The summed E-state index contributed by atoms with van der Waals surface area (Å²) >= 11 is 0. The van der Waals surface area contributed by atoms with Crippen LogP contribution >= 0.6 is 0 Å². The standard InChI is InChI=1S/C14H13FN2O3/c1-16-9-10-8-11(15)6-7-13(10)20-14-5-3-2-4-12(14)17(18)19/h2-8,16H,9H2,1H3. The van der Waals surface area contributed by atoms with Crippen LogP contribution in [0.5, 0.6) is 11.5 Å². The van der Waals surface area contributed by atoms with Crippen LogP contribution < -0.4 is 10.1 Å². The molecule has 20 heavy (non-hydrogen) atoms. The normalized spacial score (nSPS) is 10.3. The van der Waals surface area contributed by atoms with Crippen molar-refractivity contribution in [3.05, 3.63) is 64.0 Å². The molecule has 5 nitrogen and oxygen atoms in total. The number of nitrogens with one attached hydrogen (secondary N) is 1. The van der Waals surface area contributed by atoms with Crippen LogP contribution in [0.4, 0.5) is 10.1 Å². The molecule has 104 valence electrons. The molecule has 0 aliphatic carbocycles. The maximum atomic E-state index is 13.2. The first-order chi connectivity index (χ1) is 9.61. The van der Waals surface area contributed by atoms with Gasteiger partial charge in [0.15, 0.2) is 0 Å². The van der Waals surface area contributed by atoms with E-state index in [0.29, 0.717) is 17.9 Å². The molecular weight excluding hydrogens is 263 g/mol. The zero-order chi connectivity index (χ0) is 14.5. The Labute approximate surface area is 115 Å². The summed E-state index contributed by atoms with van der Waals surface area (Å²) in [4.78, 5) is 10.4. The first-order valence-electron chi connectivity index (χ1n) is 5.96. The number of nitro groups is 1. The maximum absolute atomic E-state index is 13.2. The van der Waals surface area contributed by atoms with Crippen molar-refractivity contribution >= 4 is 5.69 Å². The third-order valence-corrected chi connectivity index (χ3v) is 2.67. The van der Waals surface area contributed by atoms with E-state index in [1.807, 2.05) is 0 Å². The molecule has 0 aliphatic heterocycles. The molecule has 6 heteroatoms. The third-order valence-electron chi connectivity index (χ3n) is 2.67. The Morgan fingerprint density at radius 3 is 2.70 bits per heavy atom. The van der Waals surface area contributed by atoms with Gasteiger partial charge < -0.3 is 10.1 Å². The Balaban J connectivity index is 2.37. The third kappa shape index (κ3) is 3.10. The molecule has 2 aromatic carbocycles. The minimum Gasteiger partial charge on any atom is -0.450 e. The molecule has 0 saturated heterocycles. The molecule has 0 aliphatic rings. The highest BCUT2D eigenvalue weighted by molar-refractivity contribution is 5.49. The number of para-hydroxylation sites is 2. The predicted octanol–water partition coefficient (Wildman–Crippen LogP) is 3.25. The average molecular weight is 276 g/mol. The van der Waals surface area contributed by atoms with Crippen molar-refractivity contribution in [1.29, 1.82) is 0 Å². The van der Waals surface area contributed by atoms with E-state index in [0.717, 1.165) is 0 Å². The Morgan fingerprint density at radius 1 is 1.25 bits per heavy atom. The molecule has 0 spiro atoms. The van der Waals surface area contributed by atoms with Crippen LogP contribution in [0, 0.1) is 15.9 Å². The number of benzene rings is 2. The van der Waals surface area contributed by atoms with Gasteiger partial charge in [-0.25, -0.2) is 4.39 Å². The number of hydrogen-bond acceptors (Lipinski definition) is 4. The van der Waals surface area contributed by atoms with Gasteiger partial charge in [0.25, 0.3) is 0 Å². The first kappa shape index (κ1) is 14.0. The lowest BCUT2D eigenvalue weighted by atomic mass is 10.2. The molecule has 0 amide bonds. The summed E-state index contributed by atoms with van der Waals surface area (Å²) in [5.41, 5.74) is 0.456. The van der Waals surface area contributed by atoms with E-state index in [1.54, 1.807) is 19.2 Å². The van der Waals surface area contributed by atoms with Crippen LogP contribution in [0.15, 0.2) is 42.5 Å². The van der Waals surface area contributed by atoms with Gasteiger partial charge in [-0.3, -0.25) is 10.1 Å². The summed E-state index contributed by atoms with van der Waals surface area (Å²) in [5, 5.41) is 13.8. The monoisotopic (exact) mass is 276 g/mol. The molecule has 0 heterocycles. The van der Waals surface area contributed by atoms with Gasteiger partial charge in [-0.05, 0) is 31.3 Å². The molecular formula is C14H13FN2O3. The maximum Gasteiger partial charge on any atom is 0.311 e. The Morgan fingerprint density at radius 2 is 2.00 bits per heavy atom. The average Bonchev–Trinajstić information content (AvgIpc) is 2.42. The minimum absolute atomic E-state index is 0.126. The van der Waals surface area contributed by atoms with E-state index < -0.39 is 4.92 Å². The molecule has 0 saturated carbocycles. The Kier molecular flexibility index (Phi) is 4.27. The van der Waals surface area contributed by atoms with Gasteiger partial charge in [-0.2, -0.15) is 0 Å². The van der Waals surface area contributed by atoms with E-state index in [4.69, 9.17) is 4.74 Å². The molecule has 2 aromatic rings. The Hall–Kier alpha value is -2.47. The molecule has 2 rings (SSSR count). The molecule has 1 N–H and O–H groups in total. The number of ether oxygens (including phenoxy) is 1. The summed E-state index contributed by atoms with van der Waals surface area (Å²) < 4.78 is 18.8. The second kappa shape index (κ2) is 6.12. The fourth-order valence-corrected chi connectivity index (χ4v) is 1.79. The van der Waals surface area contributed by atoms with Crippen LogP contribution in [0.25, 0.3) is 0 Å². The van der Waals surface area contributed by atoms with E-state index >= 15 is 0 Å². The Bertz CT molecular complexity index is 632. The highest BCUT2D eigenvalue weighted by Gasteiger charge is 2.16. The molecule has 0 aromatic heterocycles. The summed E-state index contributed by atoms with van der Waals surface area (Å²) in [5.74, 6) is 0.127. The number of halogens is 1. The quantitative estimate of drug-likeness (QED) is 0.672. The zero-order valence-corrected chi connectivity index (χ0v) is 10.8. The molecule has 0 bridgehead atoms. The summed E-state index contributed by atoms with van der Waals surface area (Å²) in [7, 11) is 1.72. The SMILES string of the molecule is CNCc1cc(F)ccc1Oc1ccccc1[N+](=O)[O-]. The van der Waals surface area contributed by atoms with Gasteiger partial charge in [0.2, 0.25) is 5.75 Å². The highest BCUT2D eigenvalue weighted by atomic mass is 19.1. The summed E-state index contributed by atoms with van der Waals surface area (Å²) in [6.45, 7) is 0.397. The summed E-state index contributed by atoms with van der Waals surface area (Å²) in [6.07, 6.45) is 0. The predicted molar refractivity (Wildman–Crippen MR) is 72.3 cm³/mol. The number of nitrogens with zero attached hydrogens (tertiary/aromatic N) is 1. The molecule has 0 fully saturated rings. The van der Waals surface area contributed by atoms with E-state index in [-0.39, 0.29) is 17.3 Å². The second-order valence-corrected chi connectivity index (χ2v) is 4.11. The van der Waals surface area contributed by atoms with Gasteiger partial charge in [0.1, 0.15) is 11.6 Å². The van der Waals surface area contributed by atoms with Gasteiger partial charge in [-0.1, -0.05) is 12.1 Å². The minimum atomic E-state index is -0.517. The van der Waals surface area contributed by atoms with Gasteiger partial charge >= 0.3 is 5.69 Å². The van der Waals surface area contributed by atoms with Gasteiger partial charge in [-0.15, -0.1) is 0 Å². The second-order valence-electron chi connectivity index (χ2n) is 4.11. The number of nitro benzene ring substituents is 1. The molecule has 0 atom stereocenters. The lowest BCUT2D eigenvalue weighted by Crippen LogP contribution is -2.07. The lowest BCUT2D eigenvalue weighted by Gasteiger charge is -2.11. The summed E-state index contributed by atoms with van der Waals surface area (Å²) in [6, 6.07) is 10.1. The molecule has 0 unspecified atom stereocenters. The van der Waals surface area contributed by atoms with Crippen LogP contribution in [0.1, 0.15) is 5.56 Å². The zero-order valence-electron chi connectivity index (χ0n) is 10.8. The van der Waals surface area contributed by atoms with Crippen molar-refractivity contribution in [2.24, 2.45) is 0 Å². The first-order valence-corrected chi connectivity index (χ1v) is 5.96. The number of rotatable bonds is 5. The van der Waals surface area contributed by atoms with Crippen molar-refractivity contribution in [1.82, 2.24) is 5.32 Å².